The normalized spacial score (nSPS) is 12.0. The van der Waals surface area contributed by atoms with Crippen LogP contribution < -0.4 is 0 Å². The second kappa shape index (κ2) is 14.0. The minimum Gasteiger partial charge on any atom is -0.456 e. The van der Waals surface area contributed by atoms with Crippen LogP contribution in [-0.4, -0.2) is 17.9 Å². The summed E-state index contributed by atoms with van der Waals surface area (Å²) in [7, 11) is 0. The topological polar surface area (TPSA) is 74.8 Å². The van der Waals surface area contributed by atoms with E-state index in [0.29, 0.717) is 11.4 Å². The molecule has 264 valence electrons. The zero-order chi connectivity index (χ0) is 37.4. The van der Waals surface area contributed by atoms with Crippen LogP contribution in [0.25, 0.3) is 77.3 Å². The molecule has 0 fully saturated rings. The predicted octanol–water partition coefficient (Wildman–Crippen LogP) is 13.4. The Bertz CT molecular complexity index is 3120. The summed E-state index contributed by atoms with van der Waals surface area (Å²) in [6, 6.07) is 63.3. The van der Waals surface area contributed by atoms with E-state index in [1.807, 2.05) is 109 Å². The standard InChI is InChI=1S/C51H33N3O2/c52-50(35-20-9-3-10-21-35)54-51(36-22-11-4-12-23-36)53-32-37-28-29-40(39-25-15-27-45-47(39)41-24-13-14-26-44(41)55-45)49-46(37)43-31-38(33-16-5-1-6-17-33)30-42(48(43)56-49)34-18-7-2-8-19-34/h1-32,52H. The summed E-state index contributed by atoms with van der Waals surface area (Å²) < 4.78 is 13.5. The van der Waals surface area contributed by atoms with Gasteiger partial charge in [0, 0.05) is 55.6 Å². The number of aliphatic imine (C=N–C) groups is 2. The smallest absolute Gasteiger partial charge is 0.161 e. The lowest BCUT2D eigenvalue weighted by Crippen LogP contribution is -2.04. The van der Waals surface area contributed by atoms with E-state index >= 15 is 0 Å². The Morgan fingerprint density at radius 2 is 1.09 bits per heavy atom. The van der Waals surface area contributed by atoms with Crippen LogP contribution in [-0.2, 0) is 0 Å². The van der Waals surface area contributed by atoms with Gasteiger partial charge in [-0.1, -0.05) is 158 Å². The summed E-state index contributed by atoms with van der Waals surface area (Å²) in [4.78, 5) is 9.80. The van der Waals surface area contributed by atoms with E-state index in [1.165, 1.54) is 0 Å². The molecule has 5 nitrogen and oxygen atoms in total. The van der Waals surface area contributed by atoms with Gasteiger partial charge in [-0.15, -0.1) is 0 Å². The third-order valence-corrected chi connectivity index (χ3v) is 10.3. The molecule has 1 N–H and O–H groups in total. The molecule has 0 aliphatic heterocycles. The fourth-order valence-electron chi connectivity index (χ4n) is 7.61. The van der Waals surface area contributed by atoms with Gasteiger partial charge in [0.1, 0.15) is 22.3 Å². The Hall–Kier alpha value is -7.63. The molecule has 0 bridgehead atoms. The molecule has 0 saturated carbocycles. The van der Waals surface area contributed by atoms with Gasteiger partial charge in [0.05, 0.1) is 0 Å². The Balaban J connectivity index is 1.26. The number of hydrogen-bond acceptors (Lipinski definition) is 3. The maximum Gasteiger partial charge on any atom is 0.161 e. The fourth-order valence-corrected chi connectivity index (χ4v) is 7.61. The average molecular weight is 720 g/mol. The number of nitrogens with zero attached hydrogens (tertiary/aromatic N) is 2. The zero-order valence-corrected chi connectivity index (χ0v) is 30.2. The van der Waals surface area contributed by atoms with Crippen molar-refractivity contribution in [1.29, 1.82) is 5.41 Å². The largest absolute Gasteiger partial charge is 0.456 e. The Labute approximate surface area is 323 Å². The molecule has 56 heavy (non-hydrogen) atoms. The minimum absolute atomic E-state index is 0.135. The molecule has 0 atom stereocenters. The maximum absolute atomic E-state index is 8.87. The number of para-hydroxylation sites is 1. The van der Waals surface area contributed by atoms with Gasteiger partial charge in [-0.05, 0) is 52.6 Å². The molecular weight excluding hydrogens is 687 g/mol. The number of hydrogen-bond donors (Lipinski definition) is 1. The monoisotopic (exact) mass is 719 g/mol. The van der Waals surface area contributed by atoms with Crippen LogP contribution in [0.4, 0.5) is 0 Å². The van der Waals surface area contributed by atoms with Gasteiger partial charge in [-0.25, -0.2) is 9.98 Å². The molecule has 10 rings (SSSR count). The van der Waals surface area contributed by atoms with Gasteiger partial charge in [0.15, 0.2) is 11.7 Å². The molecule has 0 aliphatic rings. The summed E-state index contributed by atoms with van der Waals surface area (Å²) in [5.74, 6) is 0.574. The minimum atomic E-state index is 0.135. The van der Waals surface area contributed by atoms with E-state index < -0.39 is 0 Å². The van der Waals surface area contributed by atoms with Crippen molar-refractivity contribution in [3.63, 3.8) is 0 Å². The van der Waals surface area contributed by atoms with Crippen molar-refractivity contribution < 1.29 is 8.83 Å². The summed E-state index contributed by atoms with van der Waals surface area (Å²) in [6.45, 7) is 0. The first-order valence-corrected chi connectivity index (χ1v) is 18.6. The first kappa shape index (κ1) is 33.0. The summed E-state index contributed by atoms with van der Waals surface area (Å²) in [6.07, 6.45) is 1.86. The Kier molecular flexibility index (Phi) is 8.23. The molecule has 0 spiro atoms. The summed E-state index contributed by atoms with van der Waals surface area (Å²) in [5, 5.41) is 12.9. The van der Waals surface area contributed by atoms with Crippen molar-refractivity contribution in [3.05, 3.63) is 205 Å². The average Bonchev–Trinajstić information content (AvgIpc) is 3.85. The van der Waals surface area contributed by atoms with Crippen molar-refractivity contribution in [1.82, 2.24) is 0 Å². The zero-order valence-electron chi connectivity index (χ0n) is 30.2. The van der Waals surface area contributed by atoms with Crippen LogP contribution in [0.3, 0.4) is 0 Å². The second-order valence-corrected chi connectivity index (χ2v) is 13.7. The maximum atomic E-state index is 8.87. The molecule has 8 aromatic carbocycles. The van der Waals surface area contributed by atoms with Gasteiger partial charge < -0.3 is 8.83 Å². The molecule has 2 aromatic heterocycles. The van der Waals surface area contributed by atoms with Crippen molar-refractivity contribution in [3.8, 4) is 33.4 Å². The number of nitrogens with one attached hydrogen (secondary N) is 1. The summed E-state index contributed by atoms with van der Waals surface area (Å²) >= 11 is 0. The van der Waals surface area contributed by atoms with Crippen molar-refractivity contribution in [2.24, 2.45) is 9.98 Å². The van der Waals surface area contributed by atoms with Crippen LogP contribution in [0.5, 0.6) is 0 Å². The number of amidine groups is 2. The lowest BCUT2D eigenvalue weighted by molar-refractivity contribution is 0.669. The molecule has 0 aliphatic carbocycles. The van der Waals surface area contributed by atoms with Gasteiger partial charge in [-0.2, -0.15) is 0 Å². The third-order valence-electron chi connectivity index (χ3n) is 10.3. The van der Waals surface area contributed by atoms with E-state index in [1.54, 1.807) is 0 Å². The highest BCUT2D eigenvalue weighted by atomic mass is 16.3. The van der Waals surface area contributed by atoms with Crippen LogP contribution in [0.15, 0.2) is 207 Å². The van der Waals surface area contributed by atoms with Crippen LogP contribution in [0.1, 0.15) is 16.7 Å². The molecule has 0 radical (unpaired) electrons. The molecule has 0 saturated heterocycles. The van der Waals surface area contributed by atoms with Gasteiger partial charge in [0.2, 0.25) is 0 Å². The fraction of sp³-hybridized carbons (Fsp3) is 0. The molecular formula is C51H33N3O2. The number of rotatable bonds is 6. The Morgan fingerprint density at radius 1 is 0.446 bits per heavy atom. The van der Waals surface area contributed by atoms with Crippen molar-refractivity contribution in [2.45, 2.75) is 0 Å². The first-order valence-electron chi connectivity index (χ1n) is 18.6. The Morgan fingerprint density at radius 3 is 1.84 bits per heavy atom. The van der Waals surface area contributed by atoms with E-state index in [-0.39, 0.29) is 5.84 Å². The van der Waals surface area contributed by atoms with E-state index in [9.17, 15) is 0 Å². The molecule has 0 amide bonds. The van der Waals surface area contributed by atoms with Crippen LogP contribution in [0, 0.1) is 5.41 Å². The summed E-state index contributed by atoms with van der Waals surface area (Å²) in [5.41, 5.74) is 11.8. The van der Waals surface area contributed by atoms with Crippen molar-refractivity contribution in [2.75, 3.05) is 0 Å². The first-order chi connectivity index (χ1) is 27.7. The van der Waals surface area contributed by atoms with Crippen LogP contribution >= 0.6 is 0 Å². The van der Waals surface area contributed by atoms with E-state index in [4.69, 9.17) is 24.2 Å². The van der Waals surface area contributed by atoms with Crippen molar-refractivity contribution >= 4 is 61.8 Å². The van der Waals surface area contributed by atoms with E-state index in [2.05, 4.69) is 84.9 Å². The van der Waals surface area contributed by atoms with Gasteiger partial charge >= 0.3 is 0 Å². The van der Waals surface area contributed by atoms with Crippen LogP contribution in [0.2, 0.25) is 0 Å². The highest BCUT2D eigenvalue weighted by Crippen LogP contribution is 2.45. The molecule has 0 unspecified atom stereocenters. The third kappa shape index (κ3) is 5.88. The molecule has 10 aromatic rings. The SMILES string of the molecule is N=C(N=C(N=Cc1ccc(-c2cccc3oc4ccccc4c23)c2oc3c(-c4ccccc4)cc(-c4ccccc4)cc3c12)c1ccccc1)c1ccccc1. The highest BCUT2D eigenvalue weighted by Gasteiger charge is 2.22. The number of furan rings is 2. The van der Waals surface area contributed by atoms with Gasteiger partial charge in [0.25, 0.3) is 0 Å². The second-order valence-electron chi connectivity index (χ2n) is 13.7. The highest BCUT2D eigenvalue weighted by molar-refractivity contribution is 6.23. The lowest BCUT2D eigenvalue weighted by Gasteiger charge is -2.09. The molecule has 2 heterocycles. The number of fused-ring (bicyclic) bond motifs is 6. The van der Waals surface area contributed by atoms with E-state index in [0.717, 1.165) is 88.4 Å². The predicted molar refractivity (Wildman–Crippen MR) is 231 cm³/mol. The lowest BCUT2D eigenvalue weighted by atomic mass is 9.93. The van der Waals surface area contributed by atoms with Gasteiger partial charge in [-0.3, -0.25) is 5.41 Å². The molecule has 5 heteroatoms. The quantitative estimate of drug-likeness (QED) is 0.137. The number of benzene rings is 8.